The Kier molecular flexibility index (Phi) is 9.85. The molecule has 2 aromatic carbocycles. The number of hydrogen-bond acceptors (Lipinski definition) is 10. The average molecular weight is 607 g/mol. The van der Waals surface area contributed by atoms with Crippen molar-refractivity contribution in [2.24, 2.45) is 5.10 Å². The lowest BCUT2D eigenvalue weighted by Crippen LogP contribution is -2.45. The van der Waals surface area contributed by atoms with Crippen LogP contribution < -0.4 is 25.5 Å². The molecule has 4 rings (SSSR count). The maximum Gasteiger partial charge on any atom is 0.337 e. The molecule has 0 saturated carbocycles. The number of esters is 1. The number of aliphatic hydroxyl groups excluding tert-OH is 1. The normalized spacial score (nSPS) is 15.4. The molecular weight excluding hydrogens is 572 g/mol. The van der Waals surface area contributed by atoms with Gasteiger partial charge in [-0.3, -0.25) is 15.5 Å². The van der Waals surface area contributed by atoms with Crippen LogP contribution in [0.3, 0.4) is 0 Å². The number of urea groups is 1. The monoisotopic (exact) mass is 606 g/mol. The van der Waals surface area contributed by atoms with E-state index in [1.54, 1.807) is 50.4 Å². The van der Waals surface area contributed by atoms with Crippen molar-refractivity contribution in [2.75, 3.05) is 20.3 Å². The van der Waals surface area contributed by atoms with Gasteiger partial charge in [-0.05, 0) is 63.6 Å². The highest BCUT2D eigenvalue weighted by Crippen LogP contribution is 2.35. The van der Waals surface area contributed by atoms with Crippen molar-refractivity contribution in [1.29, 1.82) is 0 Å². The number of hydrazone groups is 1. The third-order valence-corrected chi connectivity index (χ3v) is 6.89. The van der Waals surface area contributed by atoms with Crippen molar-refractivity contribution >= 4 is 23.9 Å². The third kappa shape index (κ3) is 6.98. The number of amides is 2. The van der Waals surface area contributed by atoms with Crippen molar-refractivity contribution in [1.82, 2.24) is 20.6 Å². The summed E-state index contributed by atoms with van der Waals surface area (Å²) in [6.07, 6.45) is 0.397. The highest BCUT2D eigenvalue weighted by Gasteiger charge is 2.32. The predicted octanol–water partition coefficient (Wildman–Crippen LogP) is 3.52. The first-order valence-corrected chi connectivity index (χ1v) is 13.7. The summed E-state index contributed by atoms with van der Waals surface area (Å²) in [6.45, 7) is 7.38. The van der Waals surface area contributed by atoms with Gasteiger partial charge in [0.2, 0.25) is 0 Å². The molecule has 2 atom stereocenters. The quantitative estimate of drug-likeness (QED) is 0.0789. The number of carbonyl (C=O) groups is 2. The predicted molar refractivity (Wildman–Crippen MR) is 161 cm³/mol. The molecule has 1 aliphatic heterocycles. The minimum absolute atomic E-state index is 0.0120. The second kappa shape index (κ2) is 13.7. The number of nitro benzene ring substituents is 1. The number of non-ortho nitro benzene ring substituents is 1. The lowest BCUT2D eigenvalue weighted by molar-refractivity contribution is -0.384. The fourth-order valence-electron chi connectivity index (χ4n) is 4.85. The zero-order valence-corrected chi connectivity index (χ0v) is 24.9. The van der Waals surface area contributed by atoms with Crippen LogP contribution in [0.5, 0.6) is 11.5 Å². The van der Waals surface area contributed by atoms with Crippen molar-refractivity contribution < 1.29 is 33.8 Å². The number of aryl methyl sites for hydroxylation is 1. The fourth-order valence-corrected chi connectivity index (χ4v) is 4.85. The molecule has 0 spiro atoms. The molecular formula is C30H34N6O8. The molecule has 0 unspecified atom stereocenters. The van der Waals surface area contributed by atoms with Gasteiger partial charge in [0.1, 0.15) is 6.61 Å². The summed E-state index contributed by atoms with van der Waals surface area (Å²) in [5.41, 5.74) is 7.18. The van der Waals surface area contributed by atoms with Crippen LogP contribution in [0.4, 0.5) is 10.5 Å². The van der Waals surface area contributed by atoms with Gasteiger partial charge in [0, 0.05) is 40.5 Å². The molecule has 1 aromatic heterocycles. The van der Waals surface area contributed by atoms with Crippen molar-refractivity contribution in [2.45, 2.75) is 40.0 Å². The second-order valence-corrected chi connectivity index (χ2v) is 9.85. The number of ether oxygens (including phenoxy) is 3. The number of aromatic nitrogens is 1. The number of allylic oxidation sites excluding steroid dienone is 1. The number of nitro groups is 1. The lowest BCUT2D eigenvalue weighted by Gasteiger charge is -2.28. The molecule has 0 fully saturated rings. The summed E-state index contributed by atoms with van der Waals surface area (Å²) < 4.78 is 18.4. The van der Waals surface area contributed by atoms with Crippen LogP contribution in [0.25, 0.3) is 5.69 Å². The van der Waals surface area contributed by atoms with Gasteiger partial charge in [0.25, 0.3) is 5.69 Å². The van der Waals surface area contributed by atoms with Gasteiger partial charge < -0.3 is 34.5 Å². The van der Waals surface area contributed by atoms with Gasteiger partial charge in [-0.1, -0.05) is 6.07 Å². The van der Waals surface area contributed by atoms with Crippen LogP contribution in [0.2, 0.25) is 0 Å². The Labute approximate surface area is 253 Å². The Balaban J connectivity index is 1.42. The molecule has 1 aliphatic rings. The summed E-state index contributed by atoms with van der Waals surface area (Å²) in [5, 5.41) is 30.9. The first-order chi connectivity index (χ1) is 21.0. The molecule has 0 aliphatic carbocycles. The van der Waals surface area contributed by atoms with Gasteiger partial charge in [0.05, 0.1) is 36.5 Å². The molecule has 0 saturated heterocycles. The molecule has 0 radical (unpaired) electrons. The Morgan fingerprint density at radius 3 is 2.55 bits per heavy atom. The zero-order chi connectivity index (χ0) is 32.0. The van der Waals surface area contributed by atoms with Crippen LogP contribution >= 0.6 is 0 Å². The van der Waals surface area contributed by atoms with E-state index in [0.717, 1.165) is 22.6 Å². The second-order valence-electron chi connectivity index (χ2n) is 9.85. The number of carbonyl (C=O) groups excluding carboxylic acids is 2. The molecule has 2 heterocycles. The van der Waals surface area contributed by atoms with Gasteiger partial charge in [-0.15, -0.1) is 0 Å². The smallest absolute Gasteiger partial charge is 0.337 e. The summed E-state index contributed by atoms with van der Waals surface area (Å²) in [5.74, 6) is 0.114. The largest absolute Gasteiger partial charge is 0.490 e. The van der Waals surface area contributed by atoms with Crippen LogP contribution in [0.15, 0.2) is 64.9 Å². The minimum atomic E-state index is -1.17. The van der Waals surface area contributed by atoms with Crippen molar-refractivity contribution in [3.8, 4) is 17.2 Å². The topological polar surface area (TPSA) is 179 Å². The highest BCUT2D eigenvalue weighted by molar-refractivity contribution is 5.95. The molecule has 0 bridgehead atoms. The molecule has 44 heavy (non-hydrogen) atoms. The highest BCUT2D eigenvalue weighted by atomic mass is 16.6. The Hall–Kier alpha value is -5.37. The first kappa shape index (κ1) is 31.6. The van der Waals surface area contributed by atoms with Gasteiger partial charge >= 0.3 is 12.0 Å². The van der Waals surface area contributed by atoms with Crippen LogP contribution in [0, 0.1) is 24.0 Å². The van der Waals surface area contributed by atoms with Crippen molar-refractivity contribution in [3.63, 3.8) is 0 Å². The number of hydrogen-bond donors (Lipinski definition) is 4. The molecule has 14 nitrogen and oxygen atoms in total. The van der Waals surface area contributed by atoms with E-state index >= 15 is 0 Å². The van der Waals surface area contributed by atoms with E-state index in [1.165, 1.54) is 19.2 Å². The van der Waals surface area contributed by atoms with Gasteiger partial charge in [-0.2, -0.15) is 5.10 Å². The van der Waals surface area contributed by atoms with Gasteiger partial charge in [-0.25, -0.2) is 9.59 Å². The summed E-state index contributed by atoms with van der Waals surface area (Å²) in [7, 11) is 1.27. The van der Waals surface area contributed by atoms with E-state index in [9.17, 15) is 24.8 Å². The summed E-state index contributed by atoms with van der Waals surface area (Å²) in [4.78, 5) is 35.1. The number of rotatable bonds is 12. The summed E-state index contributed by atoms with van der Waals surface area (Å²) >= 11 is 0. The van der Waals surface area contributed by atoms with E-state index in [2.05, 4.69) is 21.2 Å². The van der Waals surface area contributed by atoms with Crippen LogP contribution in [-0.4, -0.2) is 59.4 Å². The van der Waals surface area contributed by atoms with Gasteiger partial charge in [0.15, 0.2) is 17.7 Å². The number of aliphatic hydroxyl groups is 1. The van der Waals surface area contributed by atoms with E-state index in [1.807, 2.05) is 24.5 Å². The fraction of sp³-hybridized carbons (Fsp3) is 0.300. The standard InChI is InChI=1S/C30H34N6O8/c1-6-43-25-14-20(28-27(29(38)42-5)18(3)32-30(39)33-28)7-12-24(25)44-16-26(37)34-31-15-21-13-17(2)35(19(21)4)22-8-10-23(11-9-22)36(40)41/h7-15,26,28,34,37H,6,16H2,1-5H3,(H2,32,33,39)/b31-15+/t26-,28+/m1/s1. The van der Waals surface area contributed by atoms with Crippen molar-refractivity contribution in [3.05, 3.63) is 92.4 Å². The number of nitrogens with one attached hydrogen (secondary N) is 3. The third-order valence-electron chi connectivity index (χ3n) is 6.89. The SMILES string of the molecule is CCOc1cc([C@@H]2NC(=O)NC(C)=C2C(=O)OC)ccc1OC[C@@H](O)N/N=C/c1cc(C)n(-c2ccc([N+](=O)[O-])cc2)c1C. The molecule has 14 heteroatoms. The summed E-state index contributed by atoms with van der Waals surface area (Å²) in [6, 6.07) is 11.9. The number of nitrogens with zero attached hydrogens (tertiary/aromatic N) is 3. The molecule has 2 amide bonds. The Morgan fingerprint density at radius 2 is 1.89 bits per heavy atom. The van der Waals surface area contributed by atoms with Crippen LogP contribution in [-0.2, 0) is 9.53 Å². The molecule has 232 valence electrons. The van der Waals surface area contributed by atoms with E-state index in [-0.39, 0.29) is 17.9 Å². The van der Waals surface area contributed by atoms with E-state index in [4.69, 9.17) is 14.2 Å². The minimum Gasteiger partial charge on any atom is -0.490 e. The zero-order valence-electron chi connectivity index (χ0n) is 24.9. The van der Waals surface area contributed by atoms with E-state index in [0.29, 0.717) is 29.4 Å². The molecule has 3 aromatic rings. The Morgan fingerprint density at radius 1 is 1.16 bits per heavy atom. The maximum absolute atomic E-state index is 12.4. The maximum atomic E-state index is 12.4. The molecule has 4 N–H and O–H groups in total. The Bertz CT molecular complexity index is 1610. The number of methoxy groups -OCH3 is 1. The van der Waals surface area contributed by atoms with E-state index < -0.39 is 29.2 Å². The average Bonchev–Trinajstić information content (AvgIpc) is 3.28. The lowest BCUT2D eigenvalue weighted by atomic mass is 9.95. The van der Waals surface area contributed by atoms with Crippen LogP contribution in [0.1, 0.15) is 42.4 Å². The number of benzene rings is 2. The first-order valence-electron chi connectivity index (χ1n) is 13.7.